The third-order valence-electron chi connectivity index (χ3n) is 3.37. The van der Waals surface area contributed by atoms with Crippen molar-refractivity contribution < 1.29 is 4.79 Å². The van der Waals surface area contributed by atoms with Gasteiger partial charge in [-0.2, -0.15) is 5.10 Å². The second-order valence-electron chi connectivity index (χ2n) is 4.96. The van der Waals surface area contributed by atoms with Crippen LogP contribution < -0.4 is 5.43 Å². The monoisotopic (exact) mass is 401 g/mol. The molecular formula is C18H13BrClN3O. The van der Waals surface area contributed by atoms with Crippen molar-refractivity contribution in [1.29, 1.82) is 0 Å². The first-order valence-electron chi connectivity index (χ1n) is 7.16. The summed E-state index contributed by atoms with van der Waals surface area (Å²) in [6, 6.07) is 18.6. The van der Waals surface area contributed by atoms with E-state index in [-0.39, 0.29) is 5.91 Å². The SMILES string of the molecule is O=C(N/N=C\c1cccn1-c1ccc(Br)cc1)c1ccccc1Cl. The molecule has 120 valence electrons. The first kappa shape index (κ1) is 16.5. The largest absolute Gasteiger partial charge is 0.316 e. The number of carbonyl (C=O) groups is 1. The summed E-state index contributed by atoms with van der Waals surface area (Å²) in [6.07, 6.45) is 3.53. The van der Waals surface area contributed by atoms with E-state index in [9.17, 15) is 4.79 Å². The van der Waals surface area contributed by atoms with Crippen molar-refractivity contribution in [2.75, 3.05) is 0 Å². The molecule has 4 nitrogen and oxygen atoms in total. The Morgan fingerprint density at radius 3 is 2.58 bits per heavy atom. The van der Waals surface area contributed by atoms with Crippen LogP contribution in [0, 0.1) is 0 Å². The molecule has 24 heavy (non-hydrogen) atoms. The number of hydrazone groups is 1. The zero-order valence-electron chi connectivity index (χ0n) is 12.5. The van der Waals surface area contributed by atoms with Crippen LogP contribution in [0.25, 0.3) is 5.69 Å². The molecule has 1 heterocycles. The fourth-order valence-corrected chi connectivity index (χ4v) is 2.68. The molecule has 0 bridgehead atoms. The predicted octanol–water partition coefficient (Wildman–Crippen LogP) is 4.66. The van der Waals surface area contributed by atoms with E-state index < -0.39 is 0 Å². The topological polar surface area (TPSA) is 46.4 Å². The number of hydrogen-bond acceptors (Lipinski definition) is 2. The Balaban J connectivity index is 1.74. The second-order valence-corrected chi connectivity index (χ2v) is 6.28. The van der Waals surface area contributed by atoms with E-state index >= 15 is 0 Å². The molecule has 0 fully saturated rings. The third-order valence-corrected chi connectivity index (χ3v) is 4.22. The Bertz CT molecular complexity index is 887. The zero-order chi connectivity index (χ0) is 16.9. The maximum atomic E-state index is 12.1. The number of carbonyl (C=O) groups excluding carboxylic acids is 1. The summed E-state index contributed by atoms with van der Waals surface area (Å²) in [5.74, 6) is -0.349. The molecule has 3 aromatic rings. The van der Waals surface area contributed by atoms with E-state index in [1.165, 1.54) is 0 Å². The molecule has 0 saturated heterocycles. The minimum absolute atomic E-state index is 0.349. The van der Waals surface area contributed by atoms with Crippen molar-refractivity contribution in [1.82, 2.24) is 9.99 Å². The van der Waals surface area contributed by atoms with Gasteiger partial charge in [-0.05, 0) is 48.5 Å². The predicted molar refractivity (Wildman–Crippen MR) is 100.0 cm³/mol. The van der Waals surface area contributed by atoms with Gasteiger partial charge in [0.25, 0.3) is 5.91 Å². The van der Waals surface area contributed by atoms with Crippen molar-refractivity contribution in [3.63, 3.8) is 0 Å². The number of rotatable bonds is 4. The van der Waals surface area contributed by atoms with E-state index in [2.05, 4.69) is 26.5 Å². The number of nitrogens with zero attached hydrogens (tertiary/aromatic N) is 2. The lowest BCUT2D eigenvalue weighted by Crippen LogP contribution is -2.18. The highest BCUT2D eigenvalue weighted by Crippen LogP contribution is 2.16. The summed E-state index contributed by atoms with van der Waals surface area (Å²) in [6.45, 7) is 0. The number of halogens is 2. The highest BCUT2D eigenvalue weighted by atomic mass is 79.9. The molecule has 0 radical (unpaired) electrons. The summed E-state index contributed by atoms with van der Waals surface area (Å²) < 4.78 is 2.98. The fraction of sp³-hybridized carbons (Fsp3) is 0. The van der Waals surface area contributed by atoms with Gasteiger partial charge in [0.1, 0.15) is 0 Å². The van der Waals surface area contributed by atoms with Crippen molar-refractivity contribution >= 4 is 39.7 Å². The van der Waals surface area contributed by atoms with Crippen LogP contribution in [0.4, 0.5) is 0 Å². The van der Waals surface area contributed by atoms with Crippen LogP contribution in [0.5, 0.6) is 0 Å². The lowest BCUT2D eigenvalue weighted by Gasteiger charge is -2.06. The molecule has 0 aliphatic carbocycles. The summed E-state index contributed by atoms with van der Waals surface area (Å²) in [7, 11) is 0. The number of hydrogen-bond donors (Lipinski definition) is 1. The van der Waals surface area contributed by atoms with Crippen LogP contribution in [-0.2, 0) is 0 Å². The lowest BCUT2D eigenvalue weighted by atomic mass is 10.2. The third kappa shape index (κ3) is 3.75. The summed E-state index contributed by atoms with van der Waals surface area (Å²) >= 11 is 9.41. The average molecular weight is 403 g/mol. The number of benzene rings is 2. The van der Waals surface area contributed by atoms with Gasteiger partial charge in [-0.15, -0.1) is 0 Å². The molecule has 0 saturated carbocycles. The molecule has 1 N–H and O–H groups in total. The van der Waals surface area contributed by atoms with Gasteiger partial charge in [-0.3, -0.25) is 4.79 Å². The minimum atomic E-state index is -0.349. The highest BCUT2D eigenvalue weighted by Gasteiger charge is 2.08. The van der Waals surface area contributed by atoms with Gasteiger partial charge in [0.15, 0.2) is 0 Å². The molecule has 0 aliphatic rings. The molecule has 6 heteroatoms. The summed E-state index contributed by atoms with van der Waals surface area (Å²) in [5.41, 5.74) is 4.73. The summed E-state index contributed by atoms with van der Waals surface area (Å²) in [5, 5.41) is 4.41. The van der Waals surface area contributed by atoms with Gasteiger partial charge in [-0.1, -0.05) is 39.7 Å². The Morgan fingerprint density at radius 1 is 1.08 bits per heavy atom. The van der Waals surface area contributed by atoms with Gasteiger partial charge >= 0.3 is 0 Å². The Kier molecular flexibility index (Phi) is 5.13. The van der Waals surface area contributed by atoms with Gasteiger partial charge in [0.2, 0.25) is 0 Å². The van der Waals surface area contributed by atoms with Crippen molar-refractivity contribution in [3.8, 4) is 5.69 Å². The van der Waals surface area contributed by atoms with Crippen LogP contribution in [-0.4, -0.2) is 16.7 Å². The Hall–Kier alpha value is -2.37. The first-order valence-corrected chi connectivity index (χ1v) is 8.33. The van der Waals surface area contributed by atoms with Gasteiger partial charge in [0, 0.05) is 16.4 Å². The minimum Gasteiger partial charge on any atom is -0.316 e. The molecule has 0 atom stereocenters. The van der Waals surface area contributed by atoms with Gasteiger partial charge < -0.3 is 4.57 Å². The number of amides is 1. The quantitative estimate of drug-likeness (QED) is 0.501. The van der Waals surface area contributed by atoms with E-state index in [0.29, 0.717) is 10.6 Å². The van der Waals surface area contributed by atoms with Crippen LogP contribution in [0.1, 0.15) is 16.1 Å². The van der Waals surface area contributed by atoms with Crippen molar-refractivity contribution in [2.45, 2.75) is 0 Å². The average Bonchev–Trinajstić information content (AvgIpc) is 3.04. The molecule has 2 aromatic carbocycles. The first-order chi connectivity index (χ1) is 11.6. The normalized spacial score (nSPS) is 10.9. The maximum absolute atomic E-state index is 12.1. The van der Waals surface area contributed by atoms with Crippen molar-refractivity contribution in [3.05, 3.63) is 87.6 Å². The van der Waals surface area contributed by atoms with Crippen LogP contribution >= 0.6 is 27.5 Å². The van der Waals surface area contributed by atoms with E-state index in [1.807, 2.05) is 47.2 Å². The Labute approximate surface area is 152 Å². The van der Waals surface area contributed by atoms with Crippen LogP contribution in [0.15, 0.2) is 76.4 Å². The molecule has 1 aromatic heterocycles. The standard InChI is InChI=1S/C18H13BrClN3O/c19-13-7-9-14(10-8-13)23-11-3-4-15(23)12-21-22-18(24)16-5-1-2-6-17(16)20/h1-12H,(H,22,24)/b21-12-. The van der Waals surface area contributed by atoms with E-state index in [1.54, 1.807) is 30.5 Å². The molecule has 0 unspecified atom stereocenters. The second kappa shape index (κ2) is 7.47. The van der Waals surface area contributed by atoms with Gasteiger partial charge in [0.05, 0.1) is 22.5 Å². The molecule has 1 amide bonds. The highest BCUT2D eigenvalue weighted by molar-refractivity contribution is 9.10. The lowest BCUT2D eigenvalue weighted by molar-refractivity contribution is 0.0955. The Morgan fingerprint density at radius 2 is 1.83 bits per heavy atom. The van der Waals surface area contributed by atoms with Crippen molar-refractivity contribution in [2.24, 2.45) is 5.10 Å². The summed E-state index contributed by atoms with van der Waals surface area (Å²) in [4.78, 5) is 12.1. The van der Waals surface area contributed by atoms with E-state index in [4.69, 9.17) is 11.6 Å². The fourth-order valence-electron chi connectivity index (χ4n) is 2.20. The zero-order valence-corrected chi connectivity index (χ0v) is 14.8. The molecule has 0 spiro atoms. The smallest absolute Gasteiger partial charge is 0.272 e. The molecule has 0 aliphatic heterocycles. The van der Waals surface area contributed by atoms with Crippen LogP contribution in [0.3, 0.4) is 0 Å². The maximum Gasteiger partial charge on any atom is 0.272 e. The molecular weight excluding hydrogens is 390 g/mol. The number of nitrogens with one attached hydrogen (secondary N) is 1. The van der Waals surface area contributed by atoms with Crippen LogP contribution in [0.2, 0.25) is 5.02 Å². The molecule has 3 rings (SSSR count). The van der Waals surface area contributed by atoms with E-state index in [0.717, 1.165) is 15.9 Å². The number of aromatic nitrogens is 1. The van der Waals surface area contributed by atoms with Gasteiger partial charge in [-0.25, -0.2) is 5.43 Å².